The predicted octanol–water partition coefficient (Wildman–Crippen LogP) is 3.04. The van der Waals surface area contributed by atoms with E-state index in [4.69, 9.17) is 4.52 Å². The fourth-order valence-corrected chi connectivity index (χ4v) is 2.52. The van der Waals surface area contributed by atoms with Crippen LogP contribution in [0.5, 0.6) is 0 Å². The monoisotopic (exact) mass is 336 g/mol. The van der Waals surface area contributed by atoms with Crippen LogP contribution in [0.3, 0.4) is 0 Å². The molecule has 0 unspecified atom stereocenters. The zero-order valence-electron chi connectivity index (χ0n) is 14.5. The number of pyridine rings is 1. The van der Waals surface area contributed by atoms with E-state index in [0.29, 0.717) is 23.6 Å². The fraction of sp³-hybridized carbons (Fsp3) is 0.211. The maximum Gasteiger partial charge on any atom is 0.257 e. The Kier molecular flexibility index (Phi) is 4.79. The summed E-state index contributed by atoms with van der Waals surface area (Å²) in [5.74, 6) is 1.14. The highest BCUT2D eigenvalue weighted by atomic mass is 16.5. The first-order chi connectivity index (χ1) is 12.1. The molecule has 0 spiro atoms. The van der Waals surface area contributed by atoms with E-state index in [-0.39, 0.29) is 5.91 Å². The number of rotatable bonds is 5. The molecular formula is C19H20N4O2. The summed E-state index contributed by atoms with van der Waals surface area (Å²) in [7, 11) is 3.86. The standard InChI is InChI=1S/C19H20N4O2/c1-13-17(18(22-25-13)15-7-5-4-6-8-15)19(24)21-12-14-9-10-20-16(11-14)23(2)3/h4-11H,12H2,1-3H3,(H,21,24). The first-order valence-electron chi connectivity index (χ1n) is 7.98. The lowest BCUT2D eigenvalue weighted by Crippen LogP contribution is -2.24. The number of hydrogen-bond donors (Lipinski definition) is 1. The minimum absolute atomic E-state index is 0.208. The Labute approximate surface area is 146 Å². The Hall–Kier alpha value is -3.15. The molecule has 2 heterocycles. The molecule has 6 heteroatoms. The third-order valence-corrected chi connectivity index (χ3v) is 3.86. The predicted molar refractivity (Wildman–Crippen MR) is 96.4 cm³/mol. The lowest BCUT2D eigenvalue weighted by atomic mass is 10.1. The number of hydrogen-bond acceptors (Lipinski definition) is 5. The van der Waals surface area contributed by atoms with E-state index in [1.54, 1.807) is 13.1 Å². The SMILES string of the molecule is Cc1onc(-c2ccccc2)c1C(=O)NCc1ccnc(N(C)C)c1. The molecule has 0 aliphatic rings. The van der Waals surface area contributed by atoms with Crippen LogP contribution in [0.25, 0.3) is 11.3 Å². The van der Waals surface area contributed by atoms with Gasteiger partial charge in [-0.15, -0.1) is 0 Å². The van der Waals surface area contributed by atoms with Gasteiger partial charge in [0.1, 0.15) is 22.8 Å². The van der Waals surface area contributed by atoms with Crippen LogP contribution < -0.4 is 10.2 Å². The van der Waals surface area contributed by atoms with Gasteiger partial charge < -0.3 is 14.7 Å². The molecule has 0 saturated carbocycles. The third kappa shape index (κ3) is 3.68. The van der Waals surface area contributed by atoms with Crippen LogP contribution in [0.4, 0.5) is 5.82 Å². The van der Waals surface area contributed by atoms with Crippen LogP contribution in [-0.2, 0) is 6.54 Å². The molecule has 0 radical (unpaired) electrons. The van der Waals surface area contributed by atoms with Crippen LogP contribution >= 0.6 is 0 Å². The van der Waals surface area contributed by atoms with E-state index >= 15 is 0 Å². The molecule has 25 heavy (non-hydrogen) atoms. The number of amides is 1. The second-order valence-electron chi connectivity index (χ2n) is 5.93. The average Bonchev–Trinajstić information content (AvgIpc) is 3.02. The van der Waals surface area contributed by atoms with E-state index < -0.39 is 0 Å². The summed E-state index contributed by atoms with van der Waals surface area (Å²) < 4.78 is 5.25. The van der Waals surface area contributed by atoms with Crippen LogP contribution in [-0.4, -0.2) is 30.1 Å². The van der Waals surface area contributed by atoms with Gasteiger partial charge in [-0.05, 0) is 24.6 Å². The highest BCUT2D eigenvalue weighted by Gasteiger charge is 2.21. The Balaban J connectivity index is 1.79. The molecule has 0 aliphatic carbocycles. The first kappa shape index (κ1) is 16.7. The minimum atomic E-state index is -0.208. The maximum atomic E-state index is 12.7. The van der Waals surface area contributed by atoms with Crippen molar-refractivity contribution in [2.45, 2.75) is 13.5 Å². The highest BCUT2D eigenvalue weighted by molar-refractivity contribution is 6.00. The molecule has 0 fully saturated rings. The minimum Gasteiger partial charge on any atom is -0.363 e. The van der Waals surface area contributed by atoms with Crippen molar-refractivity contribution in [2.75, 3.05) is 19.0 Å². The number of benzene rings is 1. The van der Waals surface area contributed by atoms with Gasteiger partial charge in [-0.1, -0.05) is 35.5 Å². The highest BCUT2D eigenvalue weighted by Crippen LogP contribution is 2.25. The Morgan fingerprint density at radius 2 is 1.96 bits per heavy atom. The van der Waals surface area contributed by atoms with Crippen molar-refractivity contribution in [3.63, 3.8) is 0 Å². The Morgan fingerprint density at radius 3 is 2.68 bits per heavy atom. The summed E-state index contributed by atoms with van der Waals surface area (Å²) in [6.45, 7) is 2.14. The smallest absolute Gasteiger partial charge is 0.257 e. The molecule has 3 aromatic rings. The number of anilines is 1. The molecule has 0 aliphatic heterocycles. The second kappa shape index (κ2) is 7.17. The quantitative estimate of drug-likeness (QED) is 0.775. The van der Waals surface area contributed by atoms with Crippen molar-refractivity contribution in [1.29, 1.82) is 0 Å². The first-order valence-corrected chi connectivity index (χ1v) is 7.98. The second-order valence-corrected chi connectivity index (χ2v) is 5.93. The number of nitrogens with one attached hydrogen (secondary N) is 1. The molecule has 0 atom stereocenters. The topological polar surface area (TPSA) is 71.3 Å². The number of aromatic nitrogens is 2. The number of carbonyl (C=O) groups excluding carboxylic acids is 1. The Bertz CT molecular complexity index is 872. The van der Waals surface area contributed by atoms with Crippen LogP contribution in [0.2, 0.25) is 0 Å². The van der Waals surface area contributed by atoms with E-state index in [9.17, 15) is 4.79 Å². The van der Waals surface area contributed by atoms with Gasteiger partial charge >= 0.3 is 0 Å². The third-order valence-electron chi connectivity index (χ3n) is 3.86. The van der Waals surface area contributed by atoms with Crippen molar-refractivity contribution < 1.29 is 9.32 Å². The normalized spacial score (nSPS) is 10.5. The van der Waals surface area contributed by atoms with Crippen LogP contribution in [0.15, 0.2) is 53.2 Å². The molecule has 1 amide bonds. The van der Waals surface area contributed by atoms with Gasteiger partial charge in [-0.3, -0.25) is 4.79 Å². The van der Waals surface area contributed by atoms with Gasteiger partial charge in [0.15, 0.2) is 0 Å². The van der Waals surface area contributed by atoms with Gasteiger partial charge in [-0.2, -0.15) is 0 Å². The molecule has 0 bridgehead atoms. The summed E-state index contributed by atoms with van der Waals surface area (Å²) in [5.41, 5.74) is 2.85. The average molecular weight is 336 g/mol. The van der Waals surface area contributed by atoms with Crippen LogP contribution in [0, 0.1) is 6.92 Å². The molecule has 3 rings (SSSR count). The fourth-order valence-electron chi connectivity index (χ4n) is 2.52. The largest absolute Gasteiger partial charge is 0.363 e. The van der Waals surface area contributed by atoms with Gasteiger partial charge in [-0.25, -0.2) is 4.98 Å². The van der Waals surface area contributed by atoms with Crippen molar-refractivity contribution in [2.24, 2.45) is 0 Å². The number of aryl methyl sites for hydroxylation is 1. The van der Waals surface area contributed by atoms with Crippen molar-refractivity contribution in [3.05, 3.63) is 65.5 Å². The van der Waals surface area contributed by atoms with Crippen molar-refractivity contribution in [1.82, 2.24) is 15.5 Å². The maximum absolute atomic E-state index is 12.7. The van der Waals surface area contributed by atoms with Crippen molar-refractivity contribution in [3.8, 4) is 11.3 Å². The number of nitrogens with zero attached hydrogens (tertiary/aromatic N) is 3. The summed E-state index contributed by atoms with van der Waals surface area (Å²) in [6.07, 6.45) is 1.73. The summed E-state index contributed by atoms with van der Waals surface area (Å²) >= 11 is 0. The molecular weight excluding hydrogens is 316 g/mol. The summed E-state index contributed by atoms with van der Waals surface area (Å²) in [4.78, 5) is 18.9. The molecule has 128 valence electrons. The molecule has 2 aromatic heterocycles. The zero-order chi connectivity index (χ0) is 17.8. The molecule has 6 nitrogen and oxygen atoms in total. The van der Waals surface area contributed by atoms with Gasteiger partial charge in [0.25, 0.3) is 5.91 Å². The van der Waals surface area contributed by atoms with E-state index in [0.717, 1.165) is 16.9 Å². The zero-order valence-corrected chi connectivity index (χ0v) is 14.5. The molecule has 1 aromatic carbocycles. The lowest BCUT2D eigenvalue weighted by Gasteiger charge is -2.12. The van der Waals surface area contributed by atoms with E-state index in [2.05, 4.69) is 15.5 Å². The van der Waals surface area contributed by atoms with Crippen molar-refractivity contribution >= 4 is 11.7 Å². The lowest BCUT2D eigenvalue weighted by molar-refractivity contribution is 0.0950. The summed E-state index contributed by atoms with van der Waals surface area (Å²) in [6, 6.07) is 13.4. The van der Waals surface area contributed by atoms with Gasteiger partial charge in [0, 0.05) is 32.4 Å². The molecule has 1 N–H and O–H groups in total. The molecule has 0 saturated heterocycles. The van der Waals surface area contributed by atoms with Crippen LogP contribution in [0.1, 0.15) is 21.7 Å². The van der Waals surface area contributed by atoms with Gasteiger partial charge in [0.05, 0.1) is 0 Å². The van der Waals surface area contributed by atoms with E-state index in [1.165, 1.54) is 0 Å². The Morgan fingerprint density at radius 1 is 1.20 bits per heavy atom. The van der Waals surface area contributed by atoms with E-state index in [1.807, 2.05) is 61.5 Å². The summed E-state index contributed by atoms with van der Waals surface area (Å²) in [5, 5.41) is 6.98. The number of carbonyl (C=O) groups is 1. The van der Waals surface area contributed by atoms with Gasteiger partial charge in [0.2, 0.25) is 0 Å².